The van der Waals surface area contributed by atoms with E-state index in [1.807, 2.05) is 11.8 Å². The van der Waals surface area contributed by atoms with Crippen LogP contribution in [0, 0.1) is 0 Å². The largest absolute Gasteiger partial charge is 0.455 e. The third-order valence-corrected chi connectivity index (χ3v) is 6.27. The molecule has 0 aliphatic carbocycles. The van der Waals surface area contributed by atoms with Gasteiger partial charge in [-0.15, -0.1) is 23.2 Å². The highest BCUT2D eigenvalue weighted by Crippen LogP contribution is 2.47. The molecule has 1 aliphatic heterocycles. The van der Waals surface area contributed by atoms with Crippen LogP contribution in [0.3, 0.4) is 0 Å². The van der Waals surface area contributed by atoms with Crippen LogP contribution >= 0.6 is 35.0 Å². The molecule has 0 saturated heterocycles. The van der Waals surface area contributed by atoms with E-state index < -0.39 is 0 Å². The van der Waals surface area contributed by atoms with Crippen molar-refractivity contribution in [2.24, 2.45) is 0 Å². The zero-order valence-electron chi connectivity index (χ0n) is 15.1. The van der Waals surface area contributed by atoms with Crippen molar-refractivity contribution in [2.75, 3.05) is 11.8 Å². The fourth-order valence-electron chi connectivity index (χ4n) is 3.18. The van der Waals surface area contributed by atoms with Crippen LogP contribution in [0.25, 0.3) is 0 Å². The summed E-state index contributed by atoms with van der Waals surface area (Å²) in [7, 11) is 0. The quantitative estimate of drug-likeness (QED) is 0.249. The second kappa shape index (κ2) is 10.5. The van der Waals surface area contributed by atoms with Gasteiger partial charge in [-0.05, 0) is 73.9 Å². The average Bonchev–Trinajstić information content (AvgIpc) is 2.67. The summed E-state index contributed by atoms with van der Waals surface area (Å²) in [6.45, 7) is 0. The van der Waals surface area contributed by atoms with E-state index in [2.05, 4.69) is 36.4 Å². The summed E-state index contributed by atoms with van der Waals surface area (Å²) in [5, 5.41) is 0. The number of fused-ring (bicyclic) bond motifs is 2. The van der Waals surface area contributed by atoms with Crippen molar-refractivity contribution in [1.29, 1.82) is 0 Å². The van der Waals surface area contributed by atoms with Gasteiger partial charge >= 0.3 is 0 Å². The Kier molecular flexibility index (Phi) is 8.04. The SMILES string of the molecule is ClCCCCCc1ccc2c(c1)Sc1cc(CCCCCCl)ccc1O2. The summed E-state index contributed by atoms with van der Waals surface area (Å²) in [4.78, 5) is 2.46. The molecule has 0 spiro atoms. The van der Waals surface area contributed by atoms with E-state index in [1.54, 1.807) is 0 Å². The van der Waals surface area contributed by atoms with Gasteiger partial charge < -0.3 is 4.74 Å². The molecule has 0 aromatic heterocycles. The van der Waals surface area contributed by atoms with Crippen molar-refractivity contribution in [3.8, 4) is 11.5 Å². The minimum absolute atomic E-state index is 0.763. The molecule has 0 unspecified atom stereocenters. The molecule has 0 atom stereocenters. The Morgan fingerprint density at radius 3 is 1.62 bits per heavy atom. The first-order valence-electron chi connectivity index (χ1n) is 9.53. The van der Waals surface area contributed by atoms with Gasteiger partial charge in [0.2, 0.25) is 0 Å². The molecule has 0 bridgehead atoms. The molecular weight excluding hydrogens is 383 g/mol. The summed E-state index contributed by atoms with van der Waals surface area (Å²) in [5.41, 5.74) is 2.77. The lowest BCUT2D eigenvalue weighted by Crippen LogP contribution is -1.98. The van der Waals surface area contributed by atoms with Crippen molar-refractivity contribution in [3.05, 3.63) is 47.5 Å². The number of aryl methyl sites for hydroxylation is 2. The second-order valence-corrected chi connectivity index (χ2v) is 8.61. The minimum Gasteiger partial charge on any atom is -0.455 e. The number of rotatable bonds is 10. The number of alkyl halides is 2. The molecule has 0 radical (unpaired) electrons. The molecule has 1 aliphatic rings. The molecule has 4 heteroatoms. The molecule has 0 fully saturated rings. The molecule has 140 valence electrons. The van der Waals surface area contributed by atoms with E-state index in [-0.39, 0.29) is 0 Å². The van der Waals surface area contributed by atoms with E-state index in [4.69, 9.17) is 27.9 Å². The normalized spacial score (nSPS) is 12.4. The van der Waals surface area contributed by atoms with Crippen LogP contribution in [0.4, 0.5) is 0 Å². The average molecular weight is 409 g/mol. The van der Waals surface area contributed by atoms with Gasteiger partial charge in [-0.3, -0.25) is 0 Å². The van der Waals surface area contributed by atoms with Crippen LogP contribution in [0.1, 0.15) is 49.7 Å². The molecule has 2 aromatic rings. The van der Waals surface area contributed by atoms with Gasteiger partial charge in [0.25, 0.3) is 0 Å². The highest BCUT2D eigenvalue weighted by molar-refractivity contribution is 7.99. The van der Waals surface area contributed by atoms with E-state index in [0.29, 0.717) is 0 Å². The Balaban J connectivity index is 1.63. The minimum atomic E-state index is 0.763. The Morgan fingerprint density at radius 2 is 1.15 bits per heavy atom. The highest BCUT2D eigenvalue weighted by atomic mass is 35.5. The van der Waals surface area contributed by atoms with Crippen molar-refractivity contribution in [3.63, 3.8) is 0 Å². The van der Waals surface area contributed by atoms with Crippen molar-refractivity contribution >= 4 is 35.0 Å². The third kappa shape index (κ3) is 5.58. The van der Waals surface area contributed by atoms with Gasteiger partial charge in [0.05, 0.1) is 9.79 Å². The van der Waals surface area contributed by atoms with Crippen molar-refractivity contribution in [1.82, 2.24) is 0 Å². The molecule has 2 aromatic carbocycles. The number of unbranched alkanes of at least 4 members (excludes halogenated alkanes) is 4. The fourth-order valence-corrected chi connectivity index (χ4v) is 4.64. The maximum absolute atomic E-state index is 6.12. The molecule has 0 N–H and O–H groups in total. The van der Waals surface area contributed by atoms with E-state index in [9.17, 15) is 0 Å². The number of benzene rings is 2. The lowest BCUT2D eigenvalue weighted by Gasteiger charge is -2.21. The molecule has 3 rings (SSSR count). The van der Waals surface area contributed by atoms with Gasteiger partial charge in [-0.2, -0.15) is 0 Å². The number of hydrogen-bond donors (Lipinski definition) is 0. The summed E-state index contributed by atoms with van der Waals surface area (Å²) < 4.78 is 6.12. The van der Waals surface area contributed by atoms with Crippen molar-refractivity contribution < 1.29 is 4.74 Å². The summed E-state index contributed by atoms with van der Waals surface area (Å²) in [6.07, 6.45) is 9.20. The summed E-state index contributed by atoms with van der Waals surface area (Å²) >= 11 is 13.4. The monoisotopic (exact) mass is 408 g/mol. The van der Waals surface area contributed by atoms with Gasteiger partial charge in [0, 0.05) is 11.8 Å². The zero-order chi connectivity index (χ0) is 18.2. The molecule has 1 nitrogen and oxygen atoms in total. The molecule has 1 heterocycles. The highest BCUT2D eigenvalue weighted by Gasteiger charge is 2.18. The third-order valence-electron chi connectivity index (χ3n) is 4.65. The standard InChI is InChI=1S/C22H26Cl2OS/c23-13-5-1-3-7-17-9-11-19-21(15-17)26-22-16-18(8-4-2-6-14-24)10-12-20(22)25-19/h9-12,15-16H,1-8,13-14H2. The topological polar surface area (TPSA) is 9.23 Å². The lowest BCUT2D eigenvalue weighted by molar-refractivity contribution is 0.453. The predicted octanol–water partition coefficient (Wildman–Crippen LogP) is 7.85. The van der Waals surface area contributed by atoms with Crippen molar-refractivity contribution in [2.45, 2.75) is 61.2 Å². The Bertz CT molecular complexity index is 658. The van der Waals surface area contributed by atoms with E-state index >= 15 is 0 Å². The molecular formula is C22H26Cl2OS. The Hall–Kier alpha value is -0.830. The number of ether oxygens (including phenoxy) is 1. The first-order valence-corrected chi connectivity index (χ1v) is 11.4. The van der Waals surface area contributed by atoms with Gasteiger partial charge in [0.15, 0.2) is 0 Å². The van der Waals surface area contributed by atoms with Gasteiger partial charge in [-0.1, -0.05) is 36.7 Å². The first kappa shape index (κ1) is 19.9. The van der Waals surface area contributed by atoms with Crippen LogP contribution in [0.5, 0.6) is 11.5 Å². The lowest BCUT2D eigenvalue weighted by atomic mass is 10.1. The number of halogens is 2. The molecule has 0 saturated carbocycles. The van der Waals surface area contributed by atoms with Crippen LogP contribution in [0.2, 0.25) is 0 Å². The maximum Gasteiger partial charge on any atom is 0.141 e. The van der Waals surface area contributed by atoms with E-state index in [0.717, 1.165) is 48.9 Å². The van der Waals surface area contributed by atoms with Crippen LogP contribution in [-0.4, -0.2) is 11.8 Å². The first-order chi connectivity index (χ1) is 12.8. The van der Waals surface area contributed by atoms with Gasteiger partial charge in [-0.25, -0.2) is 0 Å². The van der Waals surface area contributed by atoms with Crippen LogP contribution in [0.15, 0.2) is 46.2 Å². The zero-order valence-corrected chi connectivity index (χ0v) is 17.4. The fraction of sp³-hybridized carbons (Fsp3) is 0.455. The Labute approximate surface area is 171 Å². The number of hydrogen-bond acceptors (Lipinski definition) is 2. The molecule has 26 heavy (non-hydrogen) atoms. The summed E-state index contributed by atoms with van der Waals surface area (Å²) in [5.74, 6) is 3.47. The smallest absolute Gasteiger partial charge is 0.141 e. The summed E-state index contributed by atoms with van der Waals surface area (Å²) in [6, 6.07) is 13.2. The van der Waals surface area contributed by atoms with Crippen LogP contribution in [-0.2, 0) is 12.8 Å². The van der Waals surface area contributed by atoms with E-state index in [1.165, 1.54) is 46.6 Å². The predicted molar refractivity (Wildman–Crippen MR) is 114 cm³/mol. The Morgan fingerprint density at radius 1 is 0.654 bits per heavy atom. The molecule has 0 amide bonds. The second-order valence-electron chi connectivity index (χ2n) is 6.77. The van der Waals surface area contributed by atoms with Gasteiger partial charge in [0.1, 0.15) is 11.5 Å². The van der Waals surface area contributed by atoms with Crippen LogP contribution < -0.4 is 4.74 Å². The maximum atomic E-state index is 6.12.